The highest BCUT2D eigenvalue weighted by Crippen LogP contribution is 2.43. The van der Waals surface area contributed by atoms with Gasteiger partial charge in [0, 0.05) is 11.5 Å². The fraction of sp³-hybridized carbons (Fsp3) is 0.350. The number of aryl methyl sites for hydroxylation is 1. The average Bonchev–Trinajstić information content (AvgIpc) is 2.57. The Kier molecular flexibility index (Phi) is 3.80. The van der Waals surface area contributed by atoms with Gasteiger partial charge in [-0.15, -0.1) is 0 Å². The van der Waals surface area contributed by atoms with Gasteiger partial charge in [0.05, 0.1) is 10.8 Å². The summed E-state index contributed by atoms with van der Waals surface area (Å²) in [6.45, 7) is 8.52. The van der Waals surface area contributed by atoms with Crippen LogP contribution in [0.3, 0.4) is 0 Å². The molecule has 3 rings (SSSR count). The van der Waals surface area contributed by atoms with Crippen molar-refractivity contribution >= 4 is 21.7 Å². The Morgan fingerprint density at radius 2 is 1.64 bits per heavy atom. The third kappa shape index (κ3) is 2.38. The molecule has 25 heavy (non-hydrogen) atoms. The summed E-state index contributed by atoms with van der Waals surface area (Å²) in [5.74, 6) is 0.147. The summed E-state index contributed by atoms with van der Waals surface area (Å²) in [5, 5.41) is 32.7. The van der Waals surface area contributed by atoms with Gasteiger partial charge in [0.1, 0.15) is 28.4 Å². The van der Waals surface area contributed by atoms with Crippen molar-refractivity contribution in [2.45, 2.75) is 46.6 Å². The van der Waals surface area contributed by atoms with Crippen LogP contribution in [0.2, 0.25) is 0 Å². The molecule has 3 N–H and O–H groups in total. The van der Waals surface area contributed by atoms with Gasteiger partial charge in [-0.05, 0) is 56.9 Å². The molecule has 0 aliphatic rings. The molecule has 0 saturated carbocycles. The molecule has 0 aliphatic carbocycles. The van der Waals surface area contributed by atoms with Crippen LogP contribution in [0, 0.1) is 20.8 Å². The van der Waals surface area contributed by atoms with Crippen molar-refractivity contribution in [2.24, 2.45) is 0 Å². The van der Waals surface area contributed by atoms with Gasteiger partial charge in [-0.3, -0.25) is 4.79 Å². The highest BCUT2D eigenvalue weighted by Gasteiger charge is 2.27. The zero-order chi connectivity index (χ0) is 18.7. The number of hydrogen-bond donors (Lipinski definition) is 3. The van der Waals surface area contributed by atoms with E-state index in [0.717, 1.165) is 0 Å². The molecule has 0 amide bonds. The molecule has 1 aromatic heterocycles. The standard InChI is InChI=1S/C20H22O5/c1-6-20(5,24)14-8-13(21)15-9(2)7-12-16(19(15)25-14)18(23)11(4)10(3)17(12)22/h7-8,22-24H,6H2,1-5H3. The molecule has 3 aromatic rings. The largest absolute Gasteiger partial charge is 0.507 e. The van der Waals surface area contributed by atoms with E-state index < -0.39 is 5.60 Å². The highest BCUT2D eigenvalue weighted by molar-refractivity contribution is 6.11. The minimum Gasteiger partial charge on any atom is -0.507 e. The second-order valence-electron chi connectivity index (χ2n) is 6.87. The lowest BCUT2D eigenvalue weighted by atomic mass is 9.94. The van der Waals surface area contributed by atoms with Crippen molar-refractivity contribution in [3.05, 3.63) is 44.8 Å². The molecule has 5 heteroatoms. The Morgan fingerprint density at radius 3 is 2.24 bits per heavy atom. The molecule has 2 aromatic carbocycles. The molecule has 0 fully saturated rings. The first kappa shape index (κ1) is 17.3. The summed E-state index contributed by atoms with van der Waals surface area (Å²) in [4.78, 5) is 12.7. The molecule has 1 heterocycles. The first-order chi connectivity index (χ1) is 11.6. The number of hydrogen-bond acceptors (Lipinski definition) is 5. The average molecular weight is 342 g/mol. The van der Waals surface area contributed by atoms with E-state index in [1.807, 2.05) is 0 Å². The molecule has 0 radical (unpaired) electrons. The molecule has 0 bridgehead atoms. The predicted molar refractivity (Wildman–Crippen MR) is 97.4 cm³/mol. The molecule has 1 unspecified atom stereocenters. The van der Waals surface area contributed by atoms with Crippen LogP contribution < -0.4 is 5.43 Å². The lowest BCUT2D eigenvalue weighted by Gasteiger charge is -2.21. The van der Waals surface area contributed by atoms with Gasteiger partial charge in [0.2, 0.25) is 0 Å². The molecular formula is C20H22O5. The van der Waals surface area contributed by atoms with Crippen molar-refractivity contribution in [3.8, 4) is 11.5 Å². The van der Waals surface area contributed by atoms with Crippen molar-refractivity contribution in [3.63, 3.8) is 0 Å². The van der Waals surface area contributed by atoms with Crippen molar-refractivity contribution in [2.75, 3.05) is 0 Å². The molecule has 1 atom stereocenters. The summed E-state index contributed by atoms with van der Waals surface area (Å²) in [6, 6.07) is 2.97. The SMILES string of the molecule is CCC(C)(O)c1cc(=O)c2c(C)cc3c(O)c(C)c(C)c(O)c3c2o1. The van der Waals surface area contributed by atoms with Crippen LogP contribution in [-0.2, 0) is 5.60 Å². The van der Waals surface area contributed by atoms with Crippen molar-refractivity contribution < 1.29 is 19.7 Å². The maximum atomic E-state index is 12.7. The van der Waals surface area contributed by atoms with E-state index >= 15 is 0 Å². The van der Waals surface area contributed by atoms with E-state index in [-0.39, 0.29) is 33.7 Å². The highest BCUT2D eigenvalue weighted by atomic mass is 16.4. The van der Waals surface area contributed by atoms with E-state index in [4.69, 9.17) is 4.42 Å². The van der Waals surface area contributed by atoms with Gasteiger partial charge >= 0.3 is 0 Å². The Labute approximate surface area is 145 Å². The monoisotopic (exact) mass is 342 g/mol. The molecular weight excluding hydrogens is 320 g/mol. The van der Waals surface area contributed by atoms with Crippen LogP contribution in [0.1, 0.15) is 42.7 Å². The Balaban J connectivity index is 2.64. The fourth-order valence-electron chi connectivity index (χ4n) is 3.13. The second-order valence-corrected chi connectivity index (χ2v) is 6.87. The third-order valence-corrected chi connectivity index (χ3v) is 5.18. The number of fused-ring (bicyclic) bond motifs is 3. The smallest absolute Gasteiger partial charge is 0.193 e. The second kappa shape index (κ2) is 5.49. The van der Waals surface area contributed by atoms with E-state index in [2.05, 4.69) is 0 Å². The molecule has 0 saturated heterocycles. The van der Waals surface area contributed by atoms with Crippen LogP contribution in [0.4, 0.5) is 0 Å². The molecule has 0 spiro atoms. The topological polar surface area (TPSA) is 90.9 Å². The summed E-state index contributed by atoms with van der Waals surface area (Å²) in [5.41, 5.74) is 0.314. The maximum Gasteiger partial charge on any atom is 0.193 e. The quantitative estimate of drug-likeness (QED) is 0.485. The summed E-state index contributed by atoms with van der Waals surface area (Å²) in [7, 11) is 0. The van der Waals surface area contributed by atoms with Gasteiger partial charge in [0.15, 0.2) is 5.43 Å². The van der Waals surface area contributed by atoms with Gasteiger partial charge in [-0.2, -0.15) is 0 Å². The van der Waals surface area contributed by atoms with Crippen molar-refractivity contribution in [1.29, 1.82) is 0 Å². The number of benzene rings is 2. The van der Waals surface area contributed by atoms with E-state index in [0.29, 0.717) is 33.9 Å². The third-order valence-electron chi connectivity index (χ3n) is 5.18. The van der Waals surface area contributed by atoms with E-state index in [1.165, 1.54) is 6.07 Å². The minimum atomic E-state index is -1.30. The molecule has 0 aliphatic heterocycles. The fourth-order valence-corrected chi connectivity index (χ4v) is 3.13. The van der Waals surface area contributed by atoms with Gasteiger partial charge < -0.3 is 19.7 Å². The van der Waals surface area contributed by atoms with Crippen LogP contribution in [0.15, 0.2) is 21.3 Å². The number of phenolic OH excluding ortho intramolecular Hbond substituents is 2. The van der Waals surface area contributed by atoms with E-state index in [9.17, 15) is 20.1 Å². The van der Waals surface area contributed by atoms with Gasteiger partial charge in [0.25, 0.3) is 0 Å². The van der Waals surface area contributed by atoms with E-state index in [1.54, 1.807) is 40.7 Å². The molecule has 5 nitrogen and oxygen atoms in total. The van der Waals surface area contributed by atoms with Crippen molar-refractivity contribution in [1.82, 2.24) is 0 Å². The predicted octanol–water partition coefficient (Wildman–Crippen LogP) is 3.90. The summed E-state index contributed by atoms with van der Waals surface area (Å²) < 4.78 is 5.90. The Hall–Kier alpha value is -2.53. The number of rotatable bonds is 2. The van der Waals surface area contributed by atoms with Crippen LogP contribution >= 0.6 is 0 Å². The Morgan fingerprint density at radius 1 is 1.04 bits per heavy atom. The summed E-state index contributed by atoms with van der Waals surface area (Å²) >= 11 is 0. The van der Waals surface area contributed by atoms with Gasteiger partial charge in [-0.25, -0.2) is 0 Å². The zero-order valence-corrected chi connectivity index (χ0v) is 15.0. The lowest BCUT2D eigenvalue weighted by molar-refractivity contribution is 0.0306. The Bertz CT molecular complexity index is 1070. The number of aliphatic hydroxyl groups is 1. The first-order valence-electron chi connectivity index (χ1n) is 8.25. The normalized spacial score (nSPS) is 14.2. The number of phenols is 2. The molecule has 132 valence electrons. The first-order valence-corrected chi connectivity index (χ1v) is 8.25. The maximum absolute atomic E-state index is 12.7. The van der Waals surface area contributed by atoms with Gasteiger partial charge in [-0.1, -0.05) is 6.92 Å². The zero-order valence-electron chi connectivity index (χ0n) is 15.0. The number of aromatic hydroxyl groups is 2. The van der Waals surface area contributed by atoms with Crippen LogP contribution in [0.5, 0.6) is 11.5 Å². The van der Waals surface area contributed by atoms with Crippen LogP contribution in [-0.4, -0.2) is 15.3 Å². The minimum absolute atomic E-state index is 0.0354. The summed E-state index contributed by atoms with van der Waals surface area (Å²) in [6.07, 6.45) is 0.362. The lowest BCUT2D eigenvalue weighted by Crippen LogP contribution is -2.22. The van der Waals surface area contributed by atoms with Crippen LogP contribution in [0.25, 0.3) is 21.7 Å².